The fourth-order valence-electron chi connectivity index (χ4n) is 2.35. The lowest BCUT2D eigenvalue weighted by Crippen LogP contribution is -2.16. The van der Waals surface area contributed by atoms with Gasteiger partial charge in [-0.1, -0.05) is 24.3 Å². The van der Waals surface area contributed by atoms with Crippen molar-refractivity contribution >= 4 is 0 Å². The standard InChI is InChI=1S/C16H23N3O/c1-4-19-16(8-13(2)18-19)11-17-10-14-6-5-7-15(9-14)12-20-3/h5-9,17H,4,10-12H2,1-3H3. The lowest BCUT2D eigenvalue weighted by molar-refractivity contribution is 0.185. The molecule has 1 aromatic heterocycles. The Morgan fingerprint density at radius 2 is 2.00 bits per heavy atom. The van der Waals surface area contributed by atoms with E-state index >= 15 is 0 Å². The number of hydrogen-bond acceptors (Lipinski definition) is 3. The first-order valence-corrected chi connectivity index (χ1v) is 7.03. The van der Waals surface area contributed by atoms with Gasteiger partial charge in [0.1, 0.15) is 0 Å². The number of nitrogens with zero attached hydrogens (tertiary/aromatic N) is 2. The maximum Gasteiger partial charge on any atom is 0.0713 e. The number of aromatic nitrogens is 2. The molecule has 0 aliphatic heterocycles. The lowest BCUT2D eigenvalue weighted by Gasteiger charge is -2.08. The van der Waals surface area contributed by atoms with Gasteiger partial charge in [0.2, 0.25) is 0 Å². The summed E-state index contributed by atoms with van der Waals surface area (Å²) in [5, 5.41) is 7.93. The molecule has 0 bridgehead atoms. The van der Waals surface area contributed by atoms with E-state index in [1.54, 1.807) is 7.11 Å². The molecule has 2 rings (SSSR count). The molecule has 20 heavy (non-hydrogen) atoms. The van der Waals surface area contributed by atoms with E-state index in [0.29, 0.717) is 6.61 Å². The van der Waals surface area contributed by atoms with Crippen molar-refractivity contribution < 1.29 is 4.74 Å². The van der Waals surface area contributed by atoms with Crippen LogP contribution in [0.2, 0.25) is 0 Å². The molecule has 1 N–H and O–H groups in total. The van der Waals surface area contributed by atoms with Gasteiger partial charge in [0, 0.05) is 26.7 Å². The van der Waals surface area contributed by atoms with Crippen molar-refractivity contribution in [2.24, 2.45) is 0 Å². The third-order valence-corrected chi connectivity index (χ3v) is 3.22. The SMILES string of the molecule is CCn1nc(C)cc1CNCc1cccc(COC)c1. The maximum absolute atomic E-state index is 5.16. The van der Waals surface area contributed by atoms with Crippen molar-refractivity contribution in [1.82, 2.24) is 15.1 Å². The molecule has 0 saturated heterocycles. The van der Waals surface area contributed by atoms with Crippen molar-refractivity contribution in [1.29, 1.82) is 0 Å². The first-order chi connectivity index (χ1) is 9.72. The Balaban J connectivity index is 1.90. The van der Waals surface area contributed by atoms with E-state index in [2.05, 4.69) is 47.7 Å². The normalized spacial score (nSPS) is 10.9. The number of rotatable bonds is 7. The zero-order chi connectivity index (χ0) is 14.4. The second-order valence-corrected chi connectivity index (χ2v) is 4.95. The van der Waals surface area contributed by atoms with Crippen LogP contribution in [0, 0.1) is 6.92 Å². The Kier molecular flexibility index (Phi) is 5.32. The van der Waals surface area contributed by atoms with Gasteiger partial charge in [-0.2, -0.15) is 5.10 Å². The molecule has 1 aromatic carbocycles. The monoisotopic (exact) mass is 273 g/mol. The molecule has 2 aromatic rings. The fourth-order valence-corrected chi connectivity index (χ4v) is 2.35. The van der Waals surface area contributed by atoms with Gasteiger partial charge in [-0.15, -0.1) is 0 Å². The molecule has 108 valence electrons. The van der Waals surface area contributed by atoms with Crippen LogP contribution in [0.25, 0.3) is 0 Å². The highest BCUT2D eigenvalue weighted by molar-refractivity contribution is 5.23. The smallest absolute Gasteiger partial charge is 0.0713 e. The Hall–Kier alpha value is -1.65. The van der Waals surface area contributed by atoms with Crippen molar-refractivity contribution in [3.8, 4) is 0 Å². The summed E-state index contributed by atoms with van der Waals surface area (Å²) < 4.78 is 7.20. The van der Waals surface area contributed by atoms with Gasteiger partial charge in [0.05, 0.1) is 18.0 Å². The summed E-state index contributed by atoms with van der Waals surface area (Å²) in [5.41, 5.74) is 4.80. The molecule has 0 unspecified atom stereocenters. The minimum Gasteiger partial charge on any atom is -0.380 e. The predicted molar refractivity (Wildman–Crippen MR) is 80.3 cm³/mol. The van der Waals surface area contributed by atoms with Crippen LogP contribution in [0.5, 0.6) is 0 Å². The summed E-state index contributed by atoms with van der Waals surface area (Å²) in [6.07, 6.45) is 0. The third kappa shape index (κ3) is 3.92. The zero-order valence-electron chi connectivity index (χ0n) is 12.5. The Morgan fingerprint density at radius 1 is 1.20 bits per heavy atom. The van der Waals surface area contributed by atoms with Crippen LogP contribution >= 0.6 is 0 Å². The molecule has 4 heteroatoms. The van der Waals surface area contributed by atoms with Crippen molar-refractivity contribution in [3.05, 3.63) is 52.8 Å². The molecule has 0 saturated carbocycles. The number of hydrogen-bond donors (Lipinski definition) is 1. The molecule has 4 nitrogen and oxygen atoms in total. The Labute approximate surface area is 120 Å². The summed E-state index contributed by atoms with van der Waals surface area (Å²) in [7, 11) is 1.72. The molecule has 0 aliphatic rings. The topological polar surface area (TPSA) is 39.1 Å². The third-order valence-electron chi connectivity index (χ3n) is 3.22. The average Bonchev–Trinajstić information content (AvgIpc) is 2.80. The fraction of sp³-hybridized carbons (Fsp3) is 0.438. The van der Waals surface area contributed by atoms with Gasteiger partial charge < -0.3 is 10.1 Å². The largest absolute Gasteiger partial charge is 0.380 e. The summed E-state index contributed by atoms with van der Waals surface area (Å²) in [4.78, 5) is 0. The van der Waals surface area contributed by atoms with Crippen molar-refractivity contribution in [3.63, 3.8) is 0 Å². The quantitative estimate of drug-likeness (QED) is 0.843. The molecular formula is C16H23N3O. The zero-order valence-corrected chi connectivity index (χ0v) is 12.5. The first kappa shape index (κ1) is 14.8. The van der Waals surface area contributed by atoms with Crippen molar-refractivity contribution in [2.45, 2.75) is 40.1 Å². The van der Waals surface area contributed by atoms with E-state index < -0.39 is 0 Å². The second kappa shape index (κ2) is 7.22. The Morgan fingerprint density at radius 3 is 2.75 bits per heavy atom. The highest BCUT2D eigenvalue weighted by Gasteiger charge is 2.03. The van der Waals surface area contributed by atoms with Gasteiger partial charge in [0.25, 0.3) is 0 Å². The minimum absolute atomic E-state index is 0.662. The first-order valence-electron chi connectivity index (χ1n) is 7.03. The molecule has 0 fully saturated rings. The van der Waals surface area contributed by atoms with Gasteiger partial charge in [-0.3, -0.25) is 4.68 Å². The lowest BCUT2D eigenvalue weighted by atomic mass is 10.1. The molecule has 1 heterocycles. The molecule has 0 radical (unpaired) electrons. The van der Waals surface area contributed by atoms with Crippen LogP contribution < -0.4 is 5.32 Å². The number of ether oxygens (including phenoxy) is 1. The van der Waals surface area contributed by atoms with Gasteiger partial charge in [-0.05, 0) is 31.0 Å². The van der Waals surface area contributed by atoms with Crippen LogP contribution in [0.3, 0.4) is 0 Å². The number of aryl methyl sites for hydroxylation is 2. The van der Waals surface area contributed by atoms with Gasteiger partial charge in [-0.25, -0.2) is 0 Å². The number of benzene rings is 1. The van der Waals surface area contributed by atoms with E-state index in [1.807, 2.05) is 11.6 Å². The highest BCUT2D eigenvalue weighted by Crippen LogP contribution is 2.07. The van der Waals surface area contributed by atoms with E-state index in [-0.39, 0.29) is 0 Å². The molecule has 0 amide bonds. The van der Waals surface area contributed by atoms with Crippen LogP contribution in [0.4, 0.5) is 0 Å². The van der Waals surface area contributed by atoms with E-state index in [4.69, 9.17) is 4.74 Å². The average molecular weight is 273 g/mol. The molecular weight excluding hydrogens is 250 g/mol. The van der Waals surface area contributed by atoms with Crippen molar-refractivity contribution in [2.75, 3.05) is 7.11 Å². The maximum atomic E-state index is 5.16. The summed E-state index contributed by atoms with van der Waals surface area (Å²) in [6, 6.07) is 10.6. The predicted octanol–water partition coefficient (Wildman–Crippen LogP) is 2.65. The minimum atomic E-state index is 0.662. The molecule has 0 aliphatic carbocycles. The summed E-state index contributed by atoms with van der Waals surface area (Å²) in [5.74, 6) is 0. The molecule has 0 atom stereocenters. The van der Waals surface area contributed by atoms with Crippen LogP contribution in [0.1, 0.15) is 29.4 Å². The highest BCUT2D eigenvalue weighted by atomic mass is 16.5. The van der Waals surface area contributed by atoms with Crippen LogP contribution in [0.15, 0.2) is 30.3 Å². The molecule has 0 spiro atoms. The van der Waals surface area contributed by atoms with E-state index in [0.717, 1.165) is 25.3 Å². The van der Waals surface area contributed by atoms with Crippen LogP contribution in [-0.2, 0) is 31.0 Å². The van der Waals surface area contributed by atoms with Crippen LogP contribution in [-0.4, -0.2) is 16.9 Å². The summed E-state index contributed by atoms with van der Waals surface area (Å²) in [6.45, 7) is 7.41. The second-order valence-electron chi connectivity index (χ2n) is 4.95. The Bertz CT molecular complexity index is 548. The van der Waals surface area contributed by atoms with Gasteiger partial charge >= 0.3 is 0 Å². The summed E-state index contributed by atoms with van der Waals surface area (Å²) >= 11 is 0. The van der Waals surface area contributed by atoms with E-state index in [1.165, 1.54) is 16.8 Å². The number of methoxy groups -OCH3 is 1. The van der Waals surface area contributed by atoms with Gasteiger partial charge in [0.15, 0.2) is 0 Å². The number of nitrogens with one attached hydrogen (secondary N) is 1. The van der Waals surface area contributed by atoms with E-state index in [9.17, 15) is 0 Å².